The highest BCUT2D eigenvalue weighted by Gasteiger charge is 2.42. The molecule has 0 unspecified atom stereocenters. The van der Waals surface area contributed by atoms with Gasteiger partial charge in [-0.05, 0) is 61.1 Å². The summed E-state index contributed by atoms with van der Waals surface area (Å²) in [5.74, 6) is 1.98. The van der Waals surface area contributed by atoms with E-state index >= 15 is 0 Å². The number of carbonyl (C=O) groups excluding carboxylic acids is 1. The maximum absolute atomic E-state index is 13.6. The van der Waals surface area contributed by atoms with Gasteiger partial charge in [0.25, 0.3) is 5.91 Å². The van der Waals surface area contributed by atoms with E-state index in [1.54, 1.807) is 6.20 Å². The minimum atomic E-state index is -0.340. The van der Waals surface area contributed by atoms with Crippen LogP contribution in [0.1, 0.15) is 65.7 Å². The summed E-state index contributed by atoms with van der Waals surface area (Å²) in [6, 6.07) is 13.7. The van der Waals surface area contributed by atoms with Crippen LogP contribution in [0.4, 0.5) is 5.95 Å². The molecule has 0 atom stereocenters. The molecule has 2 fully saturated rings. The van der Waals surface area contributed by atoms with E-state index in [-0.39, 0.29) is 18.1 Å². The van der Waals surface area contributed by atoms with Crippen molar-refractivity contribution in [2.75, 3.05) is 24.8 Å². The van der Waals surface area contributed by atoms with Crippen LogP contribution in [0.5, 0.6) is 11.5 Å². The molecule has 0 bridgehead atoms. The van der Waals surface area contributed by atoms with Crippen LogP contribution in [-0.2, 0) is 12.0 Å². The SMILES string of the molecule is O=C(NCc1ccc2c(c1)OCO2)c1cnc(N2CCCC2)nc1C1(c2ccc(Cl)cc2)CCCC1. The number of nitrogens with zero attached hydrogens (tertiary/aromatic N) is 3. The van der Waals surface area contributed by atoms with Gasteiger partial charge in [0.1, 0.15) is 0 Å². The Kier molecular flexibility index (Phi) is 6.17. The Morgan fingerprint density at radius 1 is 1.00 bits per heavy atom. The first-order valence-electron chi connectivity index (χ1n) is 12.7. The third-order valence-corrected chi connectivity index (χ3v) is 7.86. The highest BCUT2D eigenvalue weighted by molar-refractivity contribution is 6.30. The van der Waals surface area contributed by atoms with Gasteiger partial charge in [0, 0.05) is 36.3 Å². The number of rotatable bonds is 6. The first kappa shape index (κ1) is 23.1. The molecule has 3 aliphatic rings. The second-order valence-corrected chi connectivity index (χ2v) is 10.2. The lowest BCUT2D eigenvalue weighted by Gasteiger charge is -2.32. The predicted octanol–water partition coefficient (Wildman–Crippen LogP) is 5.25. The molecule has 1 aromatic heterocycles. The Morgan fingerprint density at radius 3 is 2.53 bits per heavy atom. The molecule has 7 nitrogen and oxygen atoms in total. The minimum Gasteiger partial charge on any atom is -0.454 e. The number of fused-ring (bicyclic) bond motifs is 1. The van der Waals surface area contributed by atoms with E-state index in [2.05, 4.69) is 27.3 Å². The van der Waals surface area contributed by atoms with Crippen LogP contribution < -0.4 is 19.7 Å². The van der Waals surface area contributed by atoms with E-state index in [1.165, 1.54) is 0 Å². The summed E-state index contributed by atoms with van der Waals surface area (Å²) in [6.45, 7) is 2.49. The average Bonchev–Trinajstić information content (AvgIpc) is 3.69. The van der Waals surface area contributed by atoms with Gasteiger partial charge >= 0.3 is 0 Å². The fourth-order valence-corrected chi connectivity index (χ4v) is 5.84. The molecule has 36 heavy (non-hydrogen) atoms. The van der Waals surface area contributed by atoms with E-state index < -0.39 is 0 Å². The summed E-state index contributed by atoms with van der Waals surface area (Å²) in [5, 5.41) is 3.79. The first-order valence-corrected chi connectivity index (χ1v) is 13.1. The van der Waals surface area contributed by atoms with Crippen LogP contribution in [0.15, 0.2) is 48.7 Å². The van der Waals surface area contributed by atoms with E-state index in [1.807, 2.05) is 30.3 Å². The number of aromatic nitrogens is 2. The van der Waals surface area contributed by atoms with Gasteiger partial charge in [0.05, 0.1) is 11.3 Å². The topological polar surface area (TPSA) is 76.6 Å². The zero-order chi connectivity index (χ0) is 24.5. The van der Waals surface area contributed by atoms with Crippen LogP contribution in [0.25, 0.3) is 0 Å². The number of hydrogen-bond acceptors (Lipinski definition) is 6. The van der Waals surface area contributed by atoms with Crippen molar-refractivity contribution in [1.29, 1.82) is 0 Å². The normalized spacial score (nSPS) is 18.0. The molecule has 3 aromatic rings. The van der Waals surface area contributed by atoms with Gasteiger partial charge in [-0.25, -0.2) is 9.97 Å². The molecule has 2 aromatic carbocycles. The van der Waals surface area contributed by atoms with Crippen LogP contribution in [0, 0.1) is 0 Å². The number of nitrogens with one attached hydrogen (secondary N) is 1. The number of amides is 1. The molecule has 1 saturated carbocycles. The summed E-state index contributed by atoms with van der Waals surface area (Å²) in [6.07, 6.45) is 8.05. The predicted molar refractivity (Wildman–Crippen MR) is 138 cm³/mol. The Balaban J connectivity index is 1.35. The number of anilines is 1. The monoisotopic (exact) mass is 504 g/mol. The second-order valence-electron chi connectivity index (χ2n) is 9.79. The molecule has 186 valence electrons. The molecule has 1 saturated heterocycles. The van der Waals surface area contributed by atoms with Gasteiger partial charge in [-0.3, -0.25) is 4.79 Å². The molecule has 8 heteroatoms. The fourth-order valence-electron chi connectivity index (χ4n) is 5.71. The van der Waals surface area contributed by atoms with E-state index in [4.69, 9.17) is 26.1 Å². The van der Waals surface area contributed by atoms with Crippen molar-refractivity contribution in [3.8, 4) is 11.5 Å². The van der Waals surface area contributed by atoms with Crippen molar-refractivity contribution in [3.05, 3.63) is 76.1 Å². The number of carbonyl (C=O) groups is 1. The fraction of sp³-hybridized carbons (Fsp3) is 0.393. The number of halogens is 1. The lowest BCUT2D eigenvalue weighted by molar-refractivity contribution is 0.0947. The summed E-state index contributed by atoms with van der Waals surface area (Å²) in [7, 11) is 0. The molecular weight excluding hydrogens is 476 g/mol. The third kappa shape index (κ3) is 4.26. The van der Waals surface area contributed by atoms with Gasteiger partial charge in [-0.15, -0.1) is 0 Å². The number of ether oxygens (including phenoxy) is 2. The molecule has 2 aliphatic heterocycles. The lowest BCUT2D eigenvalue weighted by atomic mass is 9.74. The molecule has 1 aliphatic carbocycles. The quantitative estimate of drug-likeness (QED) is 0.494. The molecule has 0 radical (unpaired) electrons. The molecule has 1 N–H and O–H groups in total. The Bertz CT molecular complexity index is 1270. The summed E-state index contributed by atoms with van der Waals surface area (Å²) in [5.41, 5.74) is 3.11. The van der Waals surface area contributed by atoms with E-state index in [9.17, 15) is 4.79 Å². The first-order chi connectivity index (χ1) is 17.6. The maximum atomic E-state index is 13.6. The largest absolute Gasteiger partial charge is 0.454 e. The maximum Gasteiger partial charge on any atom is 0.255 e. The summed E-state index contributed by atoms with van der Waals surface area (Å²) >= 11 is 6.22. The summed E-state index contributed by atoms with van der Waals surface area (Å²) in [4.78, 5) is 25.6. The van der Waals surface area contributed by atoms with Crippen LogP contribution in [0.2, 0.25) is 5.02 Å². The van der Waals surface area contributed by atoms with Crippen LogP contribution in [0.3, 0.4) is 0 Å². The van der Waals surface area contributed by atoms with Crippen LogP contribution >= 0.6 is 11.6 Å². The average molecular weight is 505 g/mol. The smallest absolute Gasteiger partial charge is 0.255 e. The zero-order valence-corrected chi connectivity index (χ0v) is 20.9. The van der Waals surface area contributed by atoms with Gasteiger partial charge < -0.3 is 19.7 Å². The van der Waals surface area contributed by atoms with Gasteiger partial charge in [0.15, 0.2) is 11.5 Å². The third-order valence-electron chi connectivity index (χ3n) is 7.61. The Hall–Kier alpha value is -3.32. The van der Waals surface area contributed by atoms with Crippen molar-refractivity contribution in [1.82, 2.24) is 15.3 Å². The van der Waals surface area contributed by atoms with Gasteiger partial charge in [-0.2, -0.15) is 0 Å². The van der Waals surface area contributed by atoms with Crippen molar-refractivity contribution in [2.24, 2.45) is 0 Å². The zero-order valence-electron chi connectivity index (χ0n) is 20.1. The van der Waals surface area contributed by atoms with E-state index in [0.29, 0.717) is 22.9 Å². The molecule has 3 heterocycles. The second kappa shape index (κ2) is 9.62. The Morgan fingerprint density at radius 2 is 1.75 bits per heavy atom. The van der Waals surface area contributed by atoms with Gasteiger partial charge in [0.2, 0.25) is 12.7 Å². The molecule has 0 spiro atoms. The van der Waals surface area contributed by atoms with Gasteiger partial charge in [-0.1, -0.05) is 42.6 Å². The number of hydrogen-bond donors (Lipinski definition) is 1. The highest BCUT2D eigenvalue weighted by Crippen LogP contribution is 2.47. The molecule has 1 amide bonds. The van der Waals surface area contributed by atoms with Crippen molar-refractivity contribution in [3.63, 3.8) is 0 Å². The van der Waals surface area contributed by atoms with Crippen molar-refractivity contribution in [2.45, 2.75) is 50.5 Å². The lowest BCUT2D eigenvalue weighted by Crippen LogP contribution is -2.33. The van der Waals surface area contributed by atoms with Crippen molar-refractivity contribution < 1.29 is 14.3 Å². The summed E-state index contributed by atoms with van der Waals surface area (Å²) < 4.78 is 10.9. The molecular formula is C28H29ClN4O3. The highest BCUT2D eigenvalue weighted by atomic mass is 35.5. The number of benzene rings is 2. The van der Waals surface area contributed by atoms with Crippen LogP contribution in [-0.4, -0.2) is 35.8 Å². The van der Waals surface area contributed by atoms with Crippen molar-refractivity contribution >= 4 is 23.5 Å². The Labute approximate surface area is 215 Å². The minimum absolute atomic E-state index is 0.170. The van der Waals surface area contributed by atoms with E-state index in [0.717, 1.165) is 80.1 Å². The molecule has 6 rings (SSSR count). The standard InChI is InChI=1S/C28H29ClN4O3/c29-21-8-6-20(7-9-21)28(11-1-2-12-28)25-22(17-31-27(32-25)33-13-3-4-14-33)26(34)30-16-19-5-10-23-24(15-19)36-18-35-23/h5-10,15,17H,1-4,11-14,16,18H2,(H,30,34).